The molecule has 1 aromatic heterocycles. The highest BCUT2D eigenvalue weighted by molar-refractivity contribution is 5.78. The zero-order valence-corrected chi connectivity index (χ0v) is 9.49. The van der Waals surface area contributed by atoms with Crippen molar-refractivity contribution in [2.24, 2.45) is 0 Å². The van der Waals surface area contributed by atoms with E-state index in [-0.39, 0.29) is 17.4 Å². The number of alkyl halides is 3. The van der Waals surface area contributed by atoms with Crippen LogP contribution in [0.25, 0.3) is 10.9 Å². The zero-order chi connectivity index (χ0) is 14.2. The van der Waals surface area contributed by atoms with Crippen LogP contribution in [0.1, 0.15) is 5.56 Å². The van der Waals surface area contributed by atoms with Gasteiger partial charge in [0.05, 0.1) is 29.6 Å². The quantitative estimate of drug-likeness (QED) is 0.846. The largest absolute Gasteiger partial charge is 0.416 e. The average Bonchev–Trinajstić information content (AvgIpc) is 2.33. The molecule has 8 heteroatoms. The van der Waals surface area contributed by atoms with Crippen LogP contribution in [0.3, 0.4) is 0 Å². The first-order valence-electron chi connectivity index (χ1n) is 5.29. The summed E-state index contributed by atoms with van der Waals surface area (Å²) in [5, 5.41) is 8.48. The minimum absolute atomic E-state index is 0.0252. The first-order chi connectivity index (χ1) is 8.84. The molecular weight excluding hydrogens is 265 g/mol. The summed E-state index contributed by atoms with van der Waals surface area (Å²) in [6.45, 7) is -0.742. The number of aliphatic hydroxyl groups excluding tert-OH is 1. The van der Waals surface area contributed by atoms with Crippen LogP contribution in [0.2, 0.25) is 0 Å². The number of aromatic amines is 1. The van der Waals surface area contributed by atoms with Crippen molar-refractivity contribution in [3.63, 3.8) is 0 Å². The molecule has 0 bridgehead atoms. The number of hydrogen-bond acceptors (Lipinski definition) is 3. The summed E-state index contributed by atoms with van der Waals surface area (Å²) in [4.78, 5) is 25.7. The number of fused-ring (bicyclic) bond motifs is 1. The number of halogens is 3. The minimum Gasteiger partial charge on any atom is -0.395 e. The Bertz CT molecular complexity index is 731. The lowest BCUT2D eigenvalue weighted by atomic mass is 10.1. The van der Waals surface area contributed by atoms with E-state index in [1.165, 1.54) is 0 Å². The van der Waals surface area contributed by atoms with E-state index in [2.05, 4.69) is 4.98 Å². The predicted octanol–water partition coefficient (Wildman–Crippen LogP) is 0.701. The van der Waals surface area contributed by atoms with Crippen LogP contribution in [-0.2, 0) is 12.7 Å². The Balaban J connectivity index is 2.78. The van der Waals surface area contributed by atoms with Crippen molar-refractivity contribution in [2.45, 2.75) is 12.7 Å². The van der Waals surface area contributed by atoms with Gasteiger partial charge in [-0.2, -0.15) is 13.2 Å². The Morgan fingerprint density at radius 1 is 1.26 bits per heavy atom. The smallest absolute Gasteiger partial charge is 0.395 e. The molecular formula is C11H9F3N2O3. The topological polar surface area (TPSA) is 75.1 Å². The number of nitrogens with zero attached hydrogens (tertiary/aromatic N) is 1. The Labute approximate surface area is 103 Å². The Morgan fingerprint density at radius 3 is 2.53 bits per heavy atom. The molecule has 0 amide bonds. The number of H-pyrrole nitrogens is 1. The number of aromatic nitrogens is 2. The van der Waals surface area contributed by atoms with Crippen molar-refractivity contribution in [2.75, 3.05) is 6.61 Å². The molecule has 0 radical (unpaired) electrons. The number of benzene rings is 1. The Hall–Kier alpha value is -2.09. The zero-order valence-electron chi connectivity index (χ0n) is 9.49. The lowest BCUT2D eigenvalue weighted by molar-refractivity contribution is -0.137. The van der Waals surface area contributed by atoms with Gasteiger partial charge in [0.2, 0.25) is 0 Å². The fourth-order valence-corrected chi connectivity index (χ4v) is 1.73. The maximum absolute atomic E-state index is 12.6. The van der Waals surface area contributed by atoms with Crippen molar-refractivity contribution in [3.05, 3.63) is 44.6 Å². The molecule has 0 fully saturated rings. The van der Waals surface area contributed by atoms with E-state index in [1.807, 2.05) is 0 Å². The van der Waals surface area contributed by atoms with Gasteiger partial charge in [-0.05, 0) is 18.2 Å². The fraction of sp³-hybridized carbons (Fsp3) is 0.273. The van der Waals surface area contributed by atoms with E-state index in [0.29, 0.717) is 10.6 Å². The molecule has 19 heavy (non-hydrogen) atoms. The molecule has 5 nitrogen and oxygen atoms in total. The summed E-state index contributed by atoms with van der Waals surface area (Å²) in [6, 6.07) is 2.50. The van der Waals surface area contributed by atoms with E-state index in [9.17, 15) is 22.8 Å². The molecule has 2 rings (SSSR count). The van der Waals surface area contributed by atoms with Gasteiger partial charge in [0.15, 0.2) is 0 Å². The molecule has 0 spiro atoms. The van der Waals surface area contributed by atoms with Gasteiger partial charge in [-0.1, -0.05) is 0 Å². The molecule has 1 aromatic carbocycles. The van der Waals surface area contributed by atoms with Gasteiger partial charge in [-0.25, -0.2) is 4.79 Å². The summed E-state index contributed by atoms with van der Waals surface area (Å²) >= 11 is 0. The summed E-state index contributed by atoms with van der Waals surface area (Å²) < 4.78 is 38.3. The molecule has 102 valence electrons. The SMILES string of the molecule is O=c1[nH]c2ccc(C(F)(F)F)cc2c(=O)n1CCO. The van der Waals surface area contributed by atoms with Gasteiger partial charge in [0.25, 0.3) is 5.56 Å². The first-order valence-corrected chi connectivity index (χ1v) is 5.29. The van der Waals surface area contributed by atoms with Crippen LogP contribution >= 0.6 is 0 Å². The molecule has 0 aliphatic rings. The minimum atomic E-state index is -4.57. The normalized spacial score (nSPS) is 12.0. The van der Waals surface area contributed by atoms with Gasteiger partial charge in [0.1, 0.15) is 0 Å². The molecule has 0 saturated heterocycles. The molecule has 0 saturated carbocycles. The van der Waals surface area contributed by atoms with Crippen LogP contribution in [0.4, 0.5) is 13.2 Å². The summed E-state index contributed by atoms with van der Waals surface area (Å²) in [5.41, 5.74) is -2.58. The predicted molar refractivity (Wildman–Crippen MR) is 60.9 cm³/mol. The van der Waals surface area contributed by atoms with Crippen LogP contribution < -0.4 is 11.2 Å². The van der Waals surface area contributed by atoms with E-state index in [4.69, 9.17) is 5.11 Å². The maximum Gasteiger partial charge on any atom is 0.416 e. The van der Waals surface area contributed by atoms with E-state index < -0.39 is 29.6 Å². The number of hydrogen-bond donors (Lipinski definition) is 2. The molecule has 2 aromatic rings. The van der Waals surface area contributed by atoms with Gasteiger partial charge >= 0.3 is 11.9 Å². The van der Waals surface area contributed by atoms with Crippen molar-refractivity contribution in [1.29, 1.82) is 0 Å². The Morgan fingerprint density at radius 2 is 1.95 bits per heavy atom. The van der Waals surface area contributed by atoms with Crippen LogP contribution in [0.15, 0.2) is 27.8 Å². The Kier molecular flexibility index (Phi) is 3.19. The maximum atomic E-state index is 12.6. The molecule has 0 aliphatic carbocycles. The second-order valence-corrected chi connectivity index (χ2v) is 3.87. The third kappa shape index (κ3) is 2.39. The standard InChI is InChI=1S/C11H9F3N2O3/c12-11(13,14)6-1-2-8-7(5-6)9(18)16(3-4-17)10(19)15-8/h1-2,5,17H,3-4H2,(H,15,19). The highest BCUT2D eigenvalue weighted by atomic mass is 19.4. The molecule has 2 N–H and O–H groups in total. The van der Waals surface area contributed by atoms with Gasteiger partial charge in [0, 0.05) is 0 Å². The highest BCUT2D eigenvalue weighted by Crippen LogP contribution is 2.30. The van der Waals surface area contributed by atoms with Gasteiger partial charge in [-0.15, -0.1) is 0 Å². The third-order valence-electron chi connectivity index (χ3n) is 2.63. The number of rotatable bonds is 2. The van der Waals surface area contributed by atoms with Crippen molar-refractivity contribution < 1.29 is 18.3 Å². The van der Waals surface area contributed by atoms with Crippen molar-refractivity contribution >= 4 is 10.9 Å². The highest BCUT2D eigenvalue weighted by Gasteiger charge is 2.30. The lowest BCUT2D eigenvalue weighted by Gasteiger charge is -2.08. The first kappa shape index (κ1) is 13.3. The monoisotopic (exact) mass is 274 g/mol. The summed E-state index contributed by atoms with van der Waals surface area (Å²) in [6.07, 6.45) is -4.57. The molecule has 0 unspecified atom stereocenters. The number of nitrogens with one attached hydrogen (secondary N) is 1. The second kappa shape index (κ2) is 4.54. The number of aliphatic hydroxyl groups is 1. The lowest BCUT2D eigenvalue weighted by Crippen LogP contribution is -2.36. The fourth-order valence-electron chi connectivity index (χ4n) is 1.73. The summed E-state index contributed by atoms with van der Waals surface area (Å²) in [7, 11) is 0. The van der Waals surface area contributed by atoms with Gasteiger partial charge < -0.3 is 10.1 Å². The van der Waals surface area contributed by atoms with Crippen LogP contribution in [-0.4, -0.2) is 21.3 Å². The average molecular weight is 274 g/mol. The van der Waals surface area contributed by atoms with Gasteiger partial charge in [-0.3, -0.25) is 9.36 Å². The van der Waals surface area contributed by atoms with Crippen molar-refractivity contribution in [3.8, 4) is 0 Å². The van der Waals surface area contributed by atoms with E-state index in [0.717, 1.165) is 12.1 Å². The second-order valence-electron chi connectivity index (χ2n) is 3.87. The summed E-state index contributed by atoms with van der Waals surface area (Å²) in [5.74, 6) is 0. The van der Waals surface area contributed by atoms with Crippen LogP contribution in [0, 0.1) is 0 Å². The van der Waals surface area contributed by atoms with E-state index in [1.54, 1.807) is 0 Å². The van der Waals surface area contributed by atoms with Crippen LogP contribution in [0.5, 0.6) is 0 Å². The van der Waals surface area contributed by atoms with E-state index >= 15 is 0 Å². The third-order valence-corrected chi connectivity index (χ3v) is 2.63. The molecule has 0 atom stereocenters. The van der Waals surface area contributed by atoms with Crippen molar-refractivity contribution in [1.82, 2.24) is 9.55 Å². The molecule has 1 heterocycles. The molecule has 0 aliphatic heterocycles.